The second kappa shape index (κ2) is 7.45. The van der Waals surface area contributed by atoms with E-state index in [1.807, 2.05) is 6.92 Å². The first kappa shape index (κ1) is 15.8. The second-order valence-electron chi connectivity index (χ2n) is 4.89. The van der Waals surface area contributed by atoms with Crippen LogP contribution in [0, 0.1) is 0 Å². The van der Waals surface area contributed by atoms with Crippen LogP contribution in [0.1, 0.15) is 46.9 Å². The van der Waals surface area contributed by atoms with E-state index in [0.717, 1.165) is 6.42 Å². The Kier molecular flexibility index (Phi) is 5.36. The van der Waals surface area contributed by atoms with Gasteiger partial charge in [-0.2, -0.15) is 0 Å². The third-order valence-electron chi connectivity index (χ3n) is 3.06. The molecule has 1 amide bonds. The van der Waals surface area contributed by atoms with Gasteiger partial charge in [-0.25, -0.2) is 0 Å². The van der Waals surface area contributed by atoms with Crippen molar-refractivity contribution in [3.63, 3.8) is 0 Å². The zero-order valence-electron chi connectivity index (χ0n) is 12.7. The zero-order chi connectivity index (χ0) is 15.9. The monoisotopic (exact) mass is 301 g/mol. The maximum absolute atomic E-state index is 11.7. The van der Waals surface area contributed by atoms with E-state index in [1.54, 1.807) is 36.4 Å². The molecule has 0 unspecified atom stereocenters. The summed E-state index contributed by atoms with van der Waals surface area (Å²) in [6, 6.07) is 10.2. The highest BCUT2D eigenvalue weighted by atomic mass is 16.5. The minimum absolute atomic E-state index is 0.0142. The summed E-state index contributed by atoms with van der Waals surface area (Å²) in [6.45, 7) is 4.34. The summed E-state index contributed by atoms with van der Waals surface area (Å²) < 4.78 is 11.0. The molecule has 2 aromatic rings. The van der Waals surface area contributed by atoms with Crippen LogP contribution in [0.15, 0.2) is 40.8 Å². The SMILES string of the molecule is CCCNC(=O)c1ccc(COc2ccc(C(C)=O)cc2)o1. The number of benzene rings is 1. The molecule has 0 saturated heterocycles. The van der Waals surface area contributed by atoms with Crippen LogP contribution in [0.3, 0.4) is 0 Å². The summed E-state index contributed by atoms with van der Waals surface area (Å²) in [6.07, 6.45) is 0.874. The van der Waals surface area contributed by atoms with Crippen LogP contribution in [0.25, 0.3) is 0 Å². The van der Waals surface area contributed by atoms with Crippen molar-refractivity contribution in [1.29, 1.82) is 0 Å². The lowest BCUT2D eigenvalue weighted by Gasteiger charge is -2.05. The minimum atomic E-state index is -0.223. The van der Waals surface area contributed by atoms with Gasteiger partial charge in [0.2, 0.25) is 0 Å². The van der Waals surface area contributed by atoms with Gasteiger partial charge in [0.05, 0.1) is 0 Å². The van der Waals surface area contributed by atoms with Gasteiger partial charge in [-0.1, -0.05) is 6.92 Å². The Morgan fingerprint density at radius 3 is 2.50 bits per heavy atom. The van der Waals surface area contributed by atoms with Crippen molar-refractivity contribution in [2.24, 2.45) is 0 Å². The smallest absolute Gasteiger partial charge is 0.286 e. The van der Waals surface area contributed by atoms with Gasteiger partial charge in [-0.3, -0.25) is 9.59 Å². The van der Waals surface area contributed by atoms with Gasteiger partial charge >= 0.3 is 0 Å². The molecule has 0 aliphatic heterocycles. The van der Waals surface area contributed by atoms with E-state index in [1.165, 1.54) is 6.92 Å². The predicted molar refractivity (Wildman–Crippen MR) is 82.1 cm³/mol. The molecule has 1 N–H and O–H groups in total. The van der Waals surface area contributed by atoms with Crippen LogP contribution in [0.2, 0.25) is 0 Å². The Morgan fingerprint density at radius 1 is 1.14 bits per heavy atom. The van der Waals surface area contributed by atoms with E-state index in [2.05, 4.69) is 5.32 Å². The van der Waals surface area contributed by atoms with Gasteiger partial charge in [-0.15, -0.1) is 0 Å². The van der Waals surface area contributed by atoms with Crippen molar-refractivity contribution in [2.45, 2.75) is 26.9 Å². The molecule has 1 aromatic heterocycles. The first-order valence-corrected chi connectivity index (χ1v) is 7.21. The highest BCUT2D eigenvalue weighted by molar-refractivity contribution is 5.94. The molecule has 0 fully saturated rings. The van der Waals surface area contributed by atoms with E-state index < -0.39 is 0 Å². The number of carbonyl (C=O) groups excluding carboxylic acids is 2. The van der Waals surface area contributed by atoms with E-state index in [9.17, 15) is 9.59 Å². The fourth-order valence-electron chi connectivity index (χ4n) is 1.84. The number of hydrogen-bond acceptors (Lipinski definition) is 4. The third-order valence-corrected chi connectivity index (χ3v) is 3.06. The van der Waals surface area contributed by atoms with Crippen LogP contribution in [-0.2, 0) is 6.61 Å². The van der Waals surface area contributed by atoms with Crippen LogP contribution < -0.4 is 10.1 Å². The Hall–Kier alpha value is -2.56. The average Bonchev–Trinajstić information content (AvgIpc) is 3.00. The van der Waals surface area contributed by atoms with Gasteiger partial charge in [0.15, 0.2) is 11.5 Å². The molecule has 1 aromatic carbocycles. The number of Topliss-reactive ketones (excluding diaryl/α,β-unsaturated/α-hetero) is 1. The van der Waals surface area contributed by atoms with E-state index in [-0.39, 0.29) is 24.1 Å². The highest BCUT2D eigenvalue weighted by Gasteiger charge is 2.10. The molecule has 0 bridgehead atoms. The van der Waals surface area contributed by atoms with Crippen molar-refractivity contribution < 1.29 is 18.7 Å². The van der Waals surface area contributed by atoms with Crippen LogP contribution in [-0.4, -0.2) is 18.2 Å². The summed E-state index contributed by atoms with van der Waals surface area (Å²) in [4.78, 5) is 22.9. The molecular weight excluding hydrogens is 282 g/mol. The molecule has 0 atom stereocenters. The molecule has 22 heavy (non-hydrogen) atoms. The lowest BCUT2D eigenvalue weighted by molar-refractivity contribution is 0.0921. The molecule has 2 rings (SSSR count). The molecule has 5 nitrogen and oxygen atoms in total. The number of amides is 1. The number of carbonyl (C=O) groups is 2. The fraction of sp³-hybridized carbons (Fsp3) is 0.294. The lowest BCUT2D eigenvalue weighted by Crippen LogP contribution is -2.23. The van der Waals surface area contributed by atoms with E-state index in [0.29, 0.717) is 23.6 Å². The topological polar surface area (TPSA) is 68.5 Å². The van der Waals surface area contributed by atoms with E-state index >= 15 is 0 Å². The number of furan rings is 1. The molecular formula is C17H19NO4. The van der Waals surface area contributed by atoms with E-state index in [4.69, 9.17) is 9.15 Å². The summed E-state index contributed by atoms with van der Waals surface area (Å²) in [7, 11) is 0. The Labute approximate surface area is 129 Å². The maximum Gasteiger partial charge on any atom is 0.286 e. The number of ether oxygens (including phenoxy) is 1. The quantitative estimate of drug-likeness (QED) is 0.797. The van der Waals surface area contributed by atoms with Gasteiger partial charge in [0.1, 0.15) is 18.1 Å². The predicted octanol–water partition coefficient (Wildman–Crippen LogP) is 3.20. The Bertz CT molecular complexity index is 643. The maximum atomic E-state index is 11.7. The van der Waals surface area contributed by atoms with Crippen molar-refractivity contribution in [1.82, 2.24) is 5.32 Å². The van der Waals surface area contributed by atoms with Gasteiger partial charge < -0.3 is 14.5 Å². The molecule has 1 heterocycles. The number of ketones is 1. The molecule has 5 heteroatoms. The van der Waals surface area contributed by atoms with Crippen molar-refractivity contribution in [3.05, 3.63) is 53.5 Å². The largest absolute Gasteiger partial charge is 0.486 e. The Balaban J connectivity index is 1.90. The van der Waals surface area contributed by atoms with Gasteiger partial charge in [0, 0.05) is 12.1 Å². The minimum Gasteiger partial charge on any atom is -0.486 e. The average molecular weight is 301 g/mol. The van der Waals surface area contributed by atoms with Crippen LogP contribution in [0.4, 0.5) is 0 Å². The summed E-state index contributed by atoms with van der Waals surface area (Å²) >= 11 is 0. The number of hydrogen-bond donors (Lipinski definition) is 1. The third kappa shape index (κ3) is 4.22. The normalized spacial score (nSPS) is 10.3. The Morgan fingerprint density at radius 2 is 1.86 bits per heavy atom. The van der Waals surface area contributed by atoms with Crippen molar-refractivity contribution >= 4 is 11.7 Å². The first-order chi connectivity index (χ1) is 10.6. The second-order valence-corrected chi connectivity index (χ2v) is 4.89. The molecule has 0 aliphatic rings. The molecule has 116 valence electrons. The summed E-state index contributed by atoms with van der Waals surface area (Å²) in [5, 5.41) is 2.75. The zero-order valence-corrected chi connectivity index (χ0v) is 12.7. The van der Waals surface area contributed by atoms with Crippen molar-refractivity contribution in [2.75, 3.05) is 6.54 Å². The van der Waals surface area contributed by atoms with Crippen LogP contribution >= 0.6 is 0 Å². The van der Waals surface area contributed by atoms with Crippen molar-refractivity contribution in [3.8, 4) is 5.75 Å². The fourth-order valence-corrected chi connectivity index (χ4v) is 1.84. The summed E-state index contributed by atoms with van der Waals surface area (Å²) in [5.41, 5.74) is 0.639. The first-order valence-electron chi connectivity index (χ1n) is 7.21. The number of nitrogens with one attached hydrogen (secondary N) is 1. The molecule has 0 aliphatic carbocycles. The highest BCUT2D eigenvalue weighted by Crippen LogP contribution is 2.16. The number of rotatable bonds is 7. The van der Waals surface area contributed by atoms with Gasteiger partial charge in [0.25, 0.3) is 5.91 Å². The van der Waals surface area contributed by atoms with Crippen LogP contribution in [0.5, 0.6) is 5.75 Å². The molecule has 0 spiro atoms. The molecule has 0 saturated carbocycles. The van der Waals surface area contributed by atoms with Gasteiger partial charge in [-0.05, 0) is 49.7 Å². The summed E-state index contributed by atoms with van der Waals surface area (Å²) in [5.74, 6) is 1.27. The lowest BCUT2D eigenvalue weighted by atomic mass is 10.1. The molecule has 0 radical (unpaired) electrons. The standard InChI is InChI=1S/C17H19NO4/c1-3-10-18-17(20)16-9-8-15(22-16)11-21-14-6-4-13(5-7-14)12(2)19/h4-9H,3,10-11H2,1-2H3,(H,18,20).